The third-order valence-electron chi connectivity index (χ3n) is 8.47. The van der Waals surface area contributed by atoms with Gasteiger partial charge in [0.15, 0.2) is 0 Å². The summed E-state index contributed by atoms with van der Waals surface area (Å²) in [4.78, 5) is 25.3. The van der Waals surface area contributed by atoms with Gasteiger partial charge in [-0.25, -0.2) is 13.6 Å². The van der Waals surface area contributed by atoms with Gasteiger partial charge < -0.3 is 30.2 Å². The van der Waals surface area contributed by atoms with E-state index in [0.29, 0.717) is 35.7 Å². The van der Waals surface area contributed by atoms with Crippen LogP contribution in [0.5, 0.6) is 11.5 Å². The molecule has 8 nitrogen and oxygen atoms in total. The third-order valence-corrected chi connectivity index (χ3v) is 8.47. The molecule has 5 rings (SSSR count). The summed E-state index contributed by atoms with van der Waals surface area (Å²) in [6.45, 7) is 0.536. The second-order valence-electron chi connectivity index (χ2n) is 12.2. The summed E-state index contributed by atoms with van der Waals surface area (Å²) in [6, 6.07) is 26.6. The molecule has 51 heavy (non-hydrogen) atoms. The number of alkyl carbamates (subject to hydrolysis) is 1. The molecule has 2 amide bonds. The van der Waals surface area contributed by atoms with Gasteiger partial charge in [-0.05, 0) is 72.5 Å². The Kier molecular flexibility index (Phi) is 12.6. The van der Waals surface area contributed by atoms with Gasteiger partial charge >= 0.3 is 12.3 Å². The number of hydrogen-bond donors (Lipinski definition) is 3. The van der Waals surface area contributed by atoms with Crippen LogP contribution in [0, 0.1) is 17.6 Å². The highest BCUT2D eigenvalue weighted by atomic mass is 19.4. The molecule has 1 saturated heterocycles. The van der Waals surface area contributed by atoms with Crippen molar-refractivity contribution in [1.82, 2.24) is 10.6 Å². The second-order valence-corrected chi connectivity index (χ2v) is 12.2. The number of carbonyl (C=O) groups is 2. The SMILES string of the molecule is C[C@H](C(=O)Nc1cccc(F)c1CC[C@@H]1CN[C@H](COC(=O)NCC(F)(F)F)CO1)[C@H](c1ccc(F)cc1)c1ccc(Oc2ccccc2)cc1. The van der Waals surface area contributed by atoms with Crippen molar-refractivity contribution in [2.45, 2.75) is 44.0 Å². The largest absolute Gasteiger partial charge is 0.457 e. The topological polar surface area (TPSA) is 97.9 Å². The lowest BCUT2D eigenvalue weighted by atomic mass is 9.81. The highest BCUT2D eigenvalue weighted by Gasteiger charge is 2.30. The van der Waals surface area contributed by atoms with E-state index in [9.17, 15) is 27.2 Å². The molecule has 3 N–H and O–H groups in total. The fraction of sp³-hybridized carbons (Fsp3) is 0.316. The van der Waals surface area contributed by atoms with Gasteiger partial charge in [-0.3, -0.25) is 4.79 Å². The molecule has 1 heterocycles. The quantitative estimate of drug-likeness (QED) is 0.123. The van der Waals surface area contributed by atoms with E-state index in [1.807, 2.05) is 42.5 Å². The van der Waals surface area contributed by atoms with E-state index in [0.717, 1.165) is 11.1 Å². The second kappa shape index (κ2) is 17.3. The maximum absolute atomic E-state index is 15.2. The van der Waals surface area contributed by atoms with E-state index in [1.165, 1.54) is 24.3 Å². The highest BCUT2D eigenvalue weighted by molar-refractivity contribution is 5.94. The minimum Gasteiger partial charge on any atom is -0.457 e. The van der Waals surface area contributed by atoms with E-state index in [2.05, 4.69) is 10.6 Å². The number of nitrogens with one attached hydrogen (secondary N) is 3. The van der Waals surface area contributed by atoms with Crippen molar-refractivity contribution in [1.29, 1.82) is 0 Å². The Labute approximate surface area is 292 Å². The summed E-state index contributed by atoms with van der Waals surface area (Å²) in [5.74, 6) is -1.11. The van der Waals surface area contributed by atoms with E-state index < -0.39 is 48.3 Å². The number of alkyl halides is 3. The number of ether oxygens (including phenoxy) is 3. The van der Waals surface area contributed by atoms with Crippen LogP contribution in [-0.2, 0) is 20.7 Å². The van der Waals surface area contributed by atoms with E-state index >= 15 is 4.39 Å². The van der Waals surface area contributed by atoms with Gasteiger partial charge in [0, 0.05) is 29.6 Å². The van der Waals surface area contributed by atoms with Gasteiger partial charge in [0.1, 0.15) is 36.3 Å². The van der Waals surface area contributed by atoms with E-state index in [4.69, 9.17) is 14.2 Å². The van der Waals surface area contributed by atoms with Gasteiger partial charge in [-0.15, -0.1) is 0 Å². The lowest BCUT2D eigenvalue weighted by molar-refractivity contribution is -0.124. The fourth-order valence-corrected chi connectivity index (χ4v) is 5.80. The van der Waals surface area contributed by atoms with Crippen LogP contribution in [-0.4, -0.2) is 56.6 Å². The summed E-state index contributed by atoms with van der Waals surface area (Å²) < 4.78 is 82.5. The van der Waals surface area contributed by atoms with Crippen molar-refractivity contribution >= 4 is 17.7 Å². The molecule has 13 heteroatoms. The average Bonchev–Trinajstić information content (AvgIpc) is 3.12. The molecule has 1 aliphatic heterocycles. The number of amides is 2. The predicted molar refractivity (Wildman–Crippen MR) is 181 cm³/mol. The Bertz CT molecular complexity index is 1730. The summed E-state index contributed by atoms with van der Waals surface area (Å²) in [5, 5.41) is 7.67. The van der Waals surface area contributed by atoms with E-state index in [-0.39, 0.29) is 31.6 Å². The normalized spacial score (nSPS) is 17.2. The number of halogens is 5. The number of morpholine rings is 1. The van der Waals surface area contributed by atoms with Crippen LogP contribution in [0.3, 0.4) is 0 Å². The number of para-hydroxylation sites is 1. The molecule has 0 bridgehead atoms. The summed E-state index contributed by atoms with van der Waals surface area (Å²) >= 11 is 0. The first kappa shape index (κ1) is 37.3. The Morgan fingerprint density at radius 1 is 0.902 bits per heavy atom. The number of carbonyl (C=O) groups excluding carboxylic acids is 2. The smallest absolute Gasteiger partial charge is 0.407 e. The molecular formula is C38H38F5N3O5. The van der Waals surface area contributed by atoms with Gasteiger partial charge in [0.05, 0.1) is 18.8 Å². The van der Waals surface area contributed by atoms with Crippen LogP contribution in [0.25, 0.3) is 0 Å². The zero-order valence-corrected chi connectivity index (χ0v) is 27.7. The molecule has 4 atom stereocenters. The van der Waals surface area contributed by atoms with Gasteiger partial charge in [-0.2, -0.15) is 13.2 Å². The Morgan fingerprint density at radius 2 is 1.57 bits per heavy atom. The molecule has 1 fully saturated rings. The van der Waals surface area contributed by atoms with Crippen LogP contribution in [0.1, 0.15) is 36.0 Å². The van der Waals surface area contributed by atoms with Crippen LogP contribution < -0.4 is 20.7 Å². The molecule has 0 unspecified atom stereocenters. The molecule has 4 aromatic rings. The van der Waals surface area contributed by atoms with Crippen LogP contribution in [0.2, 0.25) is 0 Å². The van der Waals surface area contributed by atoms with Crippen LogP contribution >= 0.6 is 0 Å². The van der Waals surface area contributed by atoms with Gasteiger partial charge in [0.2, 0.25) is 5.91 Å². The summed E-state index contributed by atoms with van der Waals surface area (Å²) in [5.41, 5.74) is 2.14. The maximum atomic E-state index is 15.2. The summed E-state index contributed by atoms with van der Waals surface area (Å²) in [6.07, 6.45) is -5.44. The van der Waals surface area contributed by atoms with Crippen LogP contribution in [0.4, 0.5) is 32.4 Å². The van der Waals surface area contributed by atoms with Crippen molar-refractivity contribution in [3.63, 3.8) is 0 Å². The number of rotatable bonds is 13. The number of anilines is 1. The third kappa shape index (κ3) is 11.0. The van der Waals surface area contributed by atoms with Crippen molar-refractivity contribution < 1.29 is 45.8 Å². The maximum Gasteiger partial charge on any atom is 0.407 e. The molecule has 4 aromatic carbocycles. The molecule has 0 radical (unpaired) electrons. The Hall–Kier alpha value is -5.01. The van der Waals surface area contributed by atoms with Crippen molar-refractivity contribution in [3.05, 3.63) is 125 Å². The minimum absolute atomic E-state index is 0.125. The molecular weight excluding hydrogens is 673 g/mol. The molecule has 0 spiro atoms. The van der Waals surface area contributed by atoms with Crippen LogP contribution in [0.15, 0.2) is 97.1 Å². The number of hydrogen-bond acceptors (Lipinski definition) is 6. The fourth-order valence-electron chi connectivity index (χ4n) is 5.80. The lowest BCUT2D eigenvalue weighted by Gasteiger charge is -2.30. The minimum atomic E-state index is -4.55. The van der Waals surface area contributed by atoms with Crippen molar-refractivity contribution in [2.75, 3.05) is 31.6 Å². The zero-order chi connectivity index (χ0) is 36.4. The molecule has 0 aliphatic carbocycles. The predicted octanol–water partition coefficient (Wildman–Crippen LogP) is 7.74. The molecule has 1 aliphatic rings. The van der Waals surface area contributed by atoms with Gasteiger partial charge in [-0.1, -0.05) is 55.5 Å². The first-order chi connectivity index (χ1) is 24.4. The van der Waals surface area contributed by atoms with Gasteiger partial charge in [0.25, 0.3) is 0 Å². The lowest BCUT2D eigenvalue weighted by Crippen LogP contribution is -2.49. The van der Waals surface area contributed by atoms with Crippen molar-refractivity contribution in [2.24, 2.45) is 5.92 Å². The highest BCUT2D eigenvalue weighted by Crippen LogP contribution is 2.35. The molecule has 0 saturated carbocycles. The first-order valence-electron chi connectivity index (χ1n) is 16.4. The first-order valence-corrected chi connectivity index (χ1v) is 16.4. The van der Waals surface area contributed by atoms with E-state index in [1.54, 1.807) is 42.6 Å². The molecule has 0 aromatic heterocycles. The molecule has 270 valence electrons. The number of benzene rings is 4. The standard InChI is InChI=1S/C38H38F5N3O5/c1-24(35(25-10-14-27(39)15-11-25)26-12-16-30(17-13-26)51-29-6-3-2-4-7-29)36(47)46-34-9-5-8-33(40)32(34)19-18-31-20-44-28(21-49-31)22-50-37(48)45-23-38(41,42)43/h2-17,24,28,31,35,44H,18-23H2,1H3,(H,45,48)(H,46,47)/t24-,28-,31+,35+/m0/s1. The van der Waals surface area contributed by atoms with Crippen molar-refractivity contribution in [3.8, 4) is 11.5 Å². The summed E-state index contributed by atoms with van der Waals surface area (Å²) in [7, 11) is 0. The Morgan fingerprint density at radius 3 is 2.22 bits per heavy atom. The Balaban J connectivity index is 1.20. The zero-order valence-electron chi connectivity index (χ0n) is 27.7. The average molecular weight is 712 g/mol. The monoisotopic (exact) mass is 711 g/mol.